The van der Waals surface area contributed by atoms with Crippen LogP contribution in [0.3, 0.4) is 0 Å². The lowest BCUT2D eigenvalue weighted by atomic mass is 10.3. The number of nitrogens with one attached hydrogen (secondary N) is 1. The summed E-state index contributed by atoms with van der Waals surface area (Å²) in [6.45, 7) is 3.64. The average Bonchev–Trinajstić information content (AvgIpc) is 2.40. The van der Waals surface area contributed by atoms with Crippen molar-refractivity contribution < 1.29 is 4.79 Å². The second kappa shape index (κ2) is 6.02. The normalized spacial score (nSPS) is 15.6. The van der Waals surface area contributed by atoms with Gasteiger partial charge >= 0.3 is 0 Å². The fourth-order valence-corrected chi connectivity index (χ4v) is 2.00. The lowest BCUT2D eigenvalue weighted by Crippen LogP contribution is -2.49. The van der Waals surface area contributed by atoms with Crippen LogP contribution in [-0.4, -0.2) is 55.6 Å². The van der Waals surface area contributed by atoms with Crippen LogP contribution in [0.25, 0.3) is 0 Å². The van der Waals surface area contributed by atoms with Crippen molar-refractivity contribution in [2.24, 2.45) is 0 Å². The van der Waals surface area contributed by atoms with Crippen molar-refractivity contribution in [3.05, 3.63) is 23.4 Å². The summed E-state index contributed by atoms with van der Waals surface area (Å²) in [4.78, 5) is 20.0. The van der Waals surface area contributed by atoms with Crippen LogP contribution in [0.1, 0.15) is 0 Å². The van der Waals surface area contributed by atoms with Gasteiger partial charge in [-0.25, -0.2) is 4.98 Å². The van der Waals surface area contributed by atoms with Gasteiger partial charge in [0.1, 0.15) is 5.82 Å². The van der Waals surface area contributed by atoms with E-state index in [1.807, 2.05) is 22.9 Å². The van der Waals surface area contributed by atoms with Crippen molar-refractivity contribution in [3.8, 4) is 0 Å². The van der Waals surface area contributed by atoms with E-state index in [0.29, 0.717) is 11.6 Å². The predicted octanol–water partition coefficient (Wildman–Crippen LogP) is 0.603. The highest BCUT2D eigenvalue weighted by Gasteiger charge is 2.17. The highest BCUT2D eigenvalue weighted by Crippen LogP contribution is 2.12. The lowest BCUT2D eigenvalue weighted by molar-refractivity contribution is -0.130. The summed E-state index contributed by atoms with van der Waals surface area (Å²) in [5.41, 5.74) is 0. The summed E-state index contributed by atoms with van der Waals surface area (Å²) < 4.78 is 0. The molecular weight excluding hydrogens is 252 g/mol. The summed E-state index contributed by atoms with van der Waals surface area (Å²) in [5, 5.41) is 3.82. The zero-order chi connectivity index (χ0) is 13.0. The zero-order valence-electron chi connectivity index (χ0n) is 10.4. The topological polar surface area (TPSA) is 48.5 Å². The van der Waals surface area contributed by atoms with E-state index in [1.54, 1.807) is 12.3 Å². The third-order valence-corrected chi connectivity index (χ3v) is 3.17. The van der Waals surface area contributed by atoms with Crippen LogP contribution in [0.4, 0.5) is 5.82 Å². The Kier molecular flexibility index (Phi) is 4.38. The second-order valence-corrected chi connectivity index (χ2v) is 4.76. The molecule has 0 radical (unpaired) electrons. The SMILES string of the molecule is CN(CC(=O)N1CCNCC1)c1ccc(Cl)cn1. The molecule has 1 aliphatic rings. The molecular formula is C12H17ClN4O. The number of anilines is 1. The van der Waals surface area contributed by atoms with Crippen molar-refractivity contribution in [2.45, 2.75) is 0 Å². The van der Waals surface area contributed by atoms with E-state index < -0.39 is 0 Å². The van der Waals surface area contributed by atoms with Crippen molar-refractivity contribution in [3.63, 3.8) is 0 Å². The number of amides is 1. The summed E-state index contributed by atoms with van der Waals surface area (Å²) in [6.07, 6.45) is 1.59. The summed E-state index contributed by atoms with van der Waals surface area (Å²) in [6, 6.07) is 3.59. The van der Waals surface area contributed by atoms with E-state index in [0.717, 1.165) is 32.0 Å². The van der Waals surface area contributed by atoms with Gasteiger partial charge in [-0.2, -0.15) is 0 Å². The number of rotatable bonds is 3. The first-order chi connectivity index (χ1) is 8.66. The minimum Gasteiger partial charge on any atom is -0.350 e. The lowest BCUT2D eigenvalue weighted by Gasteiger charge is -2.29. The summed E-state index contributed by atoms with van der Waals surface area (Å²) >= 11 is 5.78. The monoisotopic (exact) mass is 268 g/mol. The first-order valence-corrected chi connectivity index (χ1v) is 6.36. The molecule has 0 aromatic carbocycles. The molecule has 6 heteroatoms. The van der Waals surface area contributed by atoms with Gasteiger partial charge < -0.3 is 15.1 Å². The van der Waals surface area contributed by atoms with E-state index in [4.69, 9.17) is 11.6 Å². The van der Waals surface area contributed by atoms with Crippen LogP contribution >= 0.6 is 11.6 Å². The molecule has 1 fully saturated rings. The van der Waals surface area contributed by atoms with Gasteiger partial charge in [-0.15, -0.1) is 0 Å². The second-order valence-electron chi connectivity index (χ2n) is 4.32. The molecule has 98 valence electrons. The van der Waals surface area contributed by atoms with Gasteiger partial charge in [-0.3, -0.25) is 4.79 Å². The maximum absolute atomic E-state index is 12.1. The number of carbonyl (C=O) groups is 1. The summed E-state index contributed by atoms with van der Waals surface area (Å²) in [7, 11) is 1.86. The fourth-order valence-electron chi connectivity index (χ4n) is 1.89. The first-order valence-electron chi connectivity index (χ1n) is 5.98. The van der Waals surface area contributed by atoms with Crippen LogP contribution < -0.4 is 10.2 Å². The third kappa shape index (κ3) is 3.34. The van der Waals surface area contributed by atoms with Crippen molar-refractivity contribution in [1.82, 2.24) is 15.2 Å². The Bertz CT molecular complexity index is 403. The molecule has 1 aromatic heterocycles. The molecule has 1 saturated heterocycles. The maximum Gasteiger partial charge on any atom is 0.242 e. The predicted molar refractivity (Wildman–Crippen MR) is 72.0 cm³/mol. The number of likely N-dealkylation sites (N-methyl/N-ethyl adjacent to an activating group) is 1. The van der Waals surface area contributed by atoms with Gasteiger partial charge in [0.15, 0.2) is 0 Å². The third-order valence-electron chi connectivity index (χ3n) is 2.95. The minimum absolute atomic E-state index is 0.135. The molecule has 0 atom stereocenters. The molecule has 1 amide bonds. The number of hydrogen-bond acceptors (Lipinski definition) is 4. The Balaban J connectivity index is 1.91. The number of halogens is 1. The van der Waals surface area contributed by atoms with Gasteiger partial charge in [-0.05, 0) is 12.1 Å². The van der Waals surface area contributed by atoms with Crippen LogP contribution in [-0.2, 0) is 4.79 Å². The highest BCUT2D eigenvalue weighted by molar-refractivity contribution is 6.30. The van der Waals surface area contributed by atoms with Gasteiger partial charge in [0.25, 0.3) is 0 Å². The molecule has 1 aliphatic heterocycles. The largest absolute Gasteiger partial charge is 0.350 e. The van der Waals surface area contributed by atoms with Crippen LogP contribution in [0, 0.1) is 0 Å². The molecule has 0 bridgehead atoms. The molecule has 2 rings (SSSR count). The Morgan fingerprint density at radius 1 is 1.50 bits per heavy atom. The molecule has 0 saturated carbocycles. The summed E-state index contributed by atoms with van der Waals surface area (Å²) in [5.74, 6) is 0.888. The van der Waals surface area contributed by atoms with E-state index in [9.17, 15) is 4.79 Å². The van der Waals surface area contributed by atoms with E-state index in [2.05, 4.69) is 10.3 Å². The molecule has 5 nitrogen and oxygen atoms in total. The van der Waals surface area contributed by atoms with Crippen LogP contribution in [0.15, 0.2) is 18.3 Å². The Morgan fingerprint density at radius 3 is 2.83 bits per heavy atom. The van der Waals surface area contributed by atoms with Crippen molar-refractivity contribution in [2.75, 3.05) is 44.7 Å². The van der Waals surface area contributed by atoms with Gasteiger partial charge in [-0.1, -0.05) is 11.6 Å². The Morgan fingerprint density at radius 2 is 2.22 bits per heavy atom. The molecule has 0 unspecified atom stereocenters. The van der Waals surface area contributed by atoms with Gasteiger partial charge in [0, 0.05) is 39.4 Å². The quantitative estimate of drug-likeness (QED) is 0.872. The number of piperazine rings is 1. The van der Waals surface area contributed by atoms with E-state index >= 15 is 0 Å². The molecule has 0 spiro atoms. The molecule has 2 heterocycles. The highest BCUT2D eigenvalue weighted by atomic mass is 35.5. The Hall–Kier alpha value is -1.33. The number of pyridine rings is 1. The molecule has 1 N–H and O–H groups in total. The van der Waals surface area contributed by atoms with Crippen molar-refractivity contribution >= 4 is 23.3 Å². The van der Waals surface area contributed by atoms with E-state index in [1.165, 1.54) is 0 Å². The van der Waals surface area contributed by atoms with Gasteiger partial charge in [0.2, 0.25) is 5.91 Å². The maximum atomic E-state index is 12.1. The number of aromatic nitrogens is 1. The van der Waals surface area contributed by atoms with Crippen LogP contribution in [0.5, 0.6) is 0 Å². The van der Waals surface area contributed by atoms with Crippen LogP contribution in [0.2, 0.25) is 5.02 Å². The number of hydrogen-bond donors (Lipinski definition) is 1. The number of nitrogens with zero attached hydrogens (tertiary/aromatic N) is 3. The molecule has 0 aliphatic carbocycles. The molecule has 18 heavy (non-hydrogen) atoms. The minimum atomic E-state index is 0.135. The zero-order valence-corrected chi connectivity index (χ0v) is 11.2. The van der Waals surface area contributed by atoms with E-state index in [-0.39, 0.29) is 5.91 Å². The molecule has 1 aromatic rings. The van der Waals surface area contributed by atoms with Gasteiger partial charge in [0.05, 0.1) is 11.6 Å². The smallest absolute Gasteiger partial charge is 0.242 e. The fraction of sp³-hybridized carbons (Fsp3) is 0.500. The van der Waals surface area contributed by atoms with Crippen molar-refractivity contribution in [1.29, 1.82) is 0 Å². The Labute approximate surface area is 112 Å². The number of carbonyl (C=O) groups excluding carboxylic acids is 1. The first kappa shape index (κ1) is 13.1. The standard InChI is InChI=1S/C12H17ClN4O/c1-16(11-3-2-10(13)8-15-11)9-12(18)17-6-4-14-5-7-17/h2-3,8,14H,4-7,9H2,1H3. The average molecular weight is 269 g/mol.